The van der Waals surface area contributed by atoms with Crippen LogP contribution >= 0.6 is 0 Å². The van der Waals surface area contributed by atoms with Crippen molar-refractivity contribution in [1.82, 2.24) is 0 Å². The fourth-order valence-electron chi connectivity index (χ4n) is 3.17. The standard InChI is InChI=1S/C24H25N/c1-19(2)24(3,21-13-8-5-9-14-21)22-15-10-16-23(17-22)25-18-20-11-6-4-7-12-20/h4-17,25H,1,18H2,2-3H3. The van der Waals surface area contributed by atoms with Crippen LogP contribution in [0.1, 0.15) is 30.5 Å². The van der Waals surface area contributed by atoms with E-state index in [0.717, 1.165) is 17.8 Å². The molecule has 0 spiro atoms. The van der Waals surface area contributed by atoms with Gasteiger partial charge in [-0.15, -0.1) is 0 Å². The molecule has 0 bridgehead atoms. The second-order valence-electron chi connectivity index (χ2n) is 6.69. The number of allylic oxidation sites excluding steroid dienone is 1. The Bertz CT molecular complexity index is 836. The van der Waals surface area contributed by atoms with Crippen LogP contribution in [-0.2, 0) is 12.0 Å². The van der Waals surface area contributed by atoms with Crippen LogP contribution in [0.15, 0.2) is 97.1 Å². The predicted molar refractivity (Wildman–Crippen MR) is 108 cm³/mol. The van der Waals surface area contributed by atoms with Crippen molar-refractivity contribution in [2.24, 2.45) is 0 Å². The van der Waals surface area contributed by atoms with E-state index in [2.05, 4.69) is 105 Å². The molecule has 0 heterocycles. The van der Waals surface area contributed by atoms with Gasteiger partial charge in [0.15, 0.2) is 0 Å². The number of nitrogens with one attached hydrogen (secondary N) is 1. The summed E-state index contributed by atoms with van der Waals surface area (Å²) in [4.78, 5) is 0. The molecule has 0 aliphatic rings. The molecule has 1 N–H and O–H groups in total. The molecular formula is C24H25N. The van der Waals surface area contributed by atoms with Gasteiger partial charge >= 0.3 is 0 Å². The number of benzene rings is 3. The Morgan fingerprint density at radius 2 is 1.44 bits per heavy atom. The Hall–Kier alpha value is -2.80. The molecule has 25 heavy (non-hydrogen) atoms. The number of hydrogen-bond donors (Lipinski definition) is 1. The maximum absolute atomic E-state index is 4.28. The van der Waals surface area contributed by atoms with E-state index in [4.69, 9.17) is 0 Å². The molecule has 0 aliphatic heterocycles. The van der Waals surface area contributed by atoms with Crippen LogP contribution in [0.5, 0.6) is 0 Å². The first-order valence-corrected chi connectivity index (χ1v) is 8.70. The first-order valence-electron chi connectivity index (χ1n) is 8.70. The third-order valence-electron chi connectivity index (χ3n) is 4.98. The molecule has 3 aromatic rings. The maximum atomic E-state index is 4.28. The van der Waals surface area contributed by atoms with E-state index in [-0.39, 0.29) is 5.41 Å². The first kappa shape index (κ1) is 17.0. The highest BCUT2D eigenvalue weighted by atomic mass is 14.9. The van der Waals surface area contributed by atoms with Crippen molar-refractivity contribution in [3.63, 3.8) is 0 Å². The fraction of sp³-hybridized carbons (Fsp3) is 0.167. The molecule has 0 saturated heterocycles. The molecule has 0 aliphatic carbocycles. The van der Waals surface area contributed by atoms with Crippen molar-refractivity contribution < 1.29 is 0 Å². The van der Waals surface area contributed by atoms with Crippen LogP contribution in [0.3, 0.4) is 0 Å². The molecule has 3 rings (SSSR count). The summed E-state index contributed by atoms with van der Waals surface area (Å²) in [6.45, 7) is 9.46. The van der Waals surface area contributed by atoms with Gasteiger partial charge in [0.25, 0.3) is 0 Å². The van der Waals surface area contributed by atoms with Crippen molar-refractivity contribution in [2.45, 2.75) is 25.8 Å². The molecule has 1 heteroatoms. The van der Waals surface area contributed by atoms with Gasteiger partial charge in [0, 0.05) is 17.6 Å². The molecule has 0 saturated carbocycles. The van der Waals surface area contributed by atoms with Crippen LogP contribution in [0, 0.1) is 0 Å². The smallest absolute Gasteiger partial charge is 0.0400 e. The lowest BCUT2D eigenvalue weighted by Gasteiger charge is -2.32. The molecule has 0 fully saturated rings. The summed E-state index contributed by atoms with van der Waals surface area (Å²) in [6, 6.07) is 29.7. The van der Waals surface area contributed by atoms with Gasteiger partial charge in [0.2, 0.25) is 0 Å². The monoisotopic (exact) mass is 327 g/mol. The zero-order valence-corrected chi connectivity index (χ0v) is 15.0. The summed E-state index contributed by atoms with van der Waals surface area (Å²) in [5, 5.41) is 3.53. The minimum Gasteiger partial charge on any atom is -0.381 e. The Morgan fingerprint density at radius 3 is 2.08 bits per heavy atom. The van der Waals surface area contributed by atoms with E-state index in [0.29, 0.717) is 0 Å². The highest BCUT2D eigenvalue weighted by Crippen LogP contribution is 2.38. The number of hydrogen-bond acceptors (Lipinski definition) is 1. The largest absolute Gasteiger partial charge is 0.381 e. The second-order valence-corrected chi connectivity index (χ2v) is 6.69. The summed E-state index contributed by atoms with van der Waals surface area (Å²) < 4.78 is 0. The van der Waals surface area contributed by atoms with Crippen LogP contribution in [0.2, 0.25) is 0 Å². The van der Waals surface area contributed by atoms with Gasteiger partial charge in [-0.25, -0.2) is 0 Å². The normalized spacial score (nSPS) is 13.0. The average molecular weight is 327 g/mol. The number of anilines is 1. The number of rotatable bonds is 6. The zero-order chi connectivity index (χ0) is 17.7. The van der Waals surface area contributed by atoms with Crippen LogP contribution < -0.4 is 5.32 Å². The van der Waals surface area contributed by atoms with E-state index >= 15 is 0 Å². The van der Waals surface area contributed by atoms with E-state index < -0.39 is 0 Å². The maximum Gasteiger partial charge on any atom is 0.0400 e. The highest BCUT2D eigenvalue weighted by Gasteiger charge is 2.29. The summed E-state index contributed by atoms with van der Waals surface area (Å²) in [7, 11) is 0. The zero-order valence-electron chi connectivity index (χ0n) is 15.0. The topological polar surface area (TPSA) is 12.0 Å². The van der Waals surface area contributed by atoms with Gasteiger partial charge in [0.1, 0.15) is 0 Å². The molecule has 1 unspecified atom stereocenters. The van der Waals surface area contributed by atoms with Crippen molar-refractivity contribution in [3.8, 4) is 0 Å². The molecule has 1 nitrogen and oxygen atoms in total. The summed E-state index contributed by atoms with van der Waals surface area (Å²) in [5.41, 5.74) is 5.86. The first-order chi connectivity index (χ1) is 12.1. The van der Waals surface area contributed by atoms with Crippen molar-refractivity contribution >= 4 is 5.69 Å². The quantitative estimate of drug-likeness (QED) is 0.533. The van der Waals surface area contributed by atoms with E-state index in [1.807, 2.05) is 6.07 Å². The summed E-state index contributed by atoms with van der Waals surface area (Å²) >= 11 is 0. The Labute approximate surface area is 151 Å². The van der Waals surface area contributed by atoms with Crippen molar-refractivity contribution in [3.05, 3.63) is 114 Å². The fourth-order valence-corrected chi connectivity index (χ4v) is 3.17. The SMILES string of the molecule is C=C(C)C(C)(c1ccccc1)c1cccc(NCc2ccccc2)c1. The van der Waals surface area contributed by atoms with Crippen molar-refractivity contribution in [2.75, 3.05) is 5.32 Å². The lowest BCUT2D eigenvalue weighted by atomic mass is 9.71. The minimum absolute atomic E-state index is 0.203. The average Bonchev–Trinajstić information content (AvgIpc) is 2.67. The second kappa shape index (κ2) is 7.40. The van der Waals surface area contributed by atoms with E-state index in [1.54, 1.807) is 0 Å². The lowest BCUT2D eigenvalue weighted by Crippen LogP contribution is -2.24. The Kier molecular flexibility index (Phi) is 5.04. The molecular weight excluding hydrogens is 302 g/mol. The Morgan fingerprint density at radius 1 is 0.840 bits per heavy atom. The summed E-state index contributed by atoms with van der Waals surface area (Å²) in [6.07, 6.45) is 0. The Balaban J connectivity index is 1.90. The predicted octanol–water partition coefficient (Wildman–Crippen LogP) is 6.18. The van der Waals surface area contributed by atoms with Crippen LogP contribution in [0.25, 0.3) is 0 Å². The van der Waals surface area contributed by atoms with Crippen LogP contribution in [-0.4, -0.2) is 0 Å². The summed E-state index contributed by atoms with van der Waals surface area (Å²) in [5.74, 6) is 0. The van der Waals surface area contributed by atoms with E-state index in [1.165, 1.54) is 16.7 Å². The third kappa shape index (κ3) is 3.66. The van der Waals surface area contributed by atoms with Gasteiger partial charge in [-0.3, -0.25) is 0 Å². The van der Waals surface area contributed by atoms with Gasteiger partial charge in [0.05, 0.1) is 0 Å². The molecule has 0 amide bonds. The van der Waals surface area contributed by atoms with E-state index in [9.17, 15) is 0 Å². The molecule has 3 aromatic carbocycles. The van der Waals surface area contributed by atoms with Crippen LogP contribution in [0.4, 0.5) is 5.69 Å². The molecule has 126 valence electrons. The molecule has 0 radical (unpaired) electrons. The van der Waals surface area contributed by atoms with Gasteiger partial charge in [-0.05, 0) is 42.7 Å². The van der Waals surface area contributed by atoms with Gasteiger partial charge in [-0.2, -0.15) is 0 Å². The van der Waals surface area contributed by atoms with Crippen molar-refractivity contribution in [1.29, 1.82) is 0 Å². The minimum atomic E-state index is -0.203. The molecule has 1 atom stereocenters. The third-order valence-corrected chi connectivity index (χ3v) is 4.98. The van der Waals surface area contributed by atoms with Gasteiger partial charge < -0.3 is 5.32 Å². The molecule has 0 aromatic heterocycles. The van der Waals surface area contributed by atoms with Gasteiger partial charge in [-0.1, -0.05) is 84.9 Å². The highest BCUT2D eigenvalue weighted by molar-refractivity contribution is 5.54. The lowest BCUT2D eigenvalue weighted by molar-refractivity contribution is 0.677.